The predicted octanol–water partition coefficient (Wildman–Crippen LogP) is 4.21. The van der Waals surface area contributed by atoms with E-state index >= 15 is 0 Å². The average Bonchev–Trinajstić information content (AvgIpc) is 2.76. The predicted molar refractivity (Wildman–Crippen MR) is 112 cm³/mol. The molecule has 1 fully saturated rings. The smallest absolute Gasteiger partial charge is 0.254 e. The molecular formula is C23H22F2N4O2. The molecule has 0 aliphatic carbocycles. The fourth-order valence-corrected chi connectivity index (χ4v) is 3.59. The number of piperazine rings is 1. The van der Waals surface area contributed by atoms with E-state index in [0.717, 1.165) is 5.56 Å². The number of nitrogens with zero attached hydrogens (tertiary/aromatic N) is 4. The summed E-state index contributed by atoms with van der Waals surface area (Å²) in [5, 5.41) is 0. The van der Waals surface area contributed by atoms with Crippen LogP contribution >= 0.6 is 0 Å². The van der Waals surface area contributed by atoms with Crippen LogP contribution < -0.4 is 9.64 Å². The van der Waals surface area contributed by atoms with Gasteiger partial charge in [0.1, 0.15) is 18.0 Å². The van der Waals surface area contributed by atoms with Gasteiger partial charge in [-0.15, -0.1) is 0 Å². The number of halogens is 2. The van der Waals surface area contributed by atoms with Gasteiger partial charge in [-0.05, 0) is 55.8 Å². The SMILES string of the molecule is Cc1ccc(F)c(Oc2cc(N3CCN(C(=O)c4ccc(F)cc4)[C@H](C)C3)ncn2)c1. The number of amides is 1. The number of aryl methyl sites for hydroxylation is 1. The van der Waals surface area contributed by atoms with Crippen molar-refractivity contribution >= 4 is 11.7 Å². The Morgan fingerprint density at radius 1 is 1.06 bits per heavy atom. The summed E-state index contributed by atoms with van der Waals surface area (Å²) < 4.78 is 32.8. The van der Waals surface area contributed by atoms with Crippen LogP contribution in [0.15, 0.2) is 54.9 Å². The second-order valence-corrected chi connectivity index (χ2v) is 7.55. The average molecular weight is 424 g/mol. The van der Waals surface area contributed by atoms with Gasteiger partial charge in [-0.25, -0.2) is 18.7 Å². The molecule has 0 unspecified atom stereocenters. The molecule has 0 saturated carbocycles. The normalized spacial score (nSPS) is 16.3. The van der Waals surface area contributed by atoms with E-state index in [1.807, 2.05) is 18.7 Å². The minimum Gasteiger partial charge on any atom is -0.436 e. The number of hydrogen-bond acceptors (Lipinski definition) is 5. The van der Waals surface area contributed by atoms with E-state index in [1.54, 1.807) is 23.1 Å². The molecular weight excluding hydrogens is 402 g/mol. The van der Waals surface area contributed by atoms with Crippen molar-refractivity contribution < 1.29 is 18.3 Å². The van der Waals surface area contributed by atoms with Crippen molar-refractivity contribution in [1.29, 1.82) is 0 Å². The number of hydrogen-bond donors (Lipinski definition) is 0. The lowest BCUT2D eigenvalue weighted by molar-refractivity contribution is 0.0673. The second-order valence-electron chi connectivity index (χ2n) is 7.55. The molecule has 0 radical (unpaired) electrons. The Kier molecular flexibility index (Phi) is 5.79. The summed E-state index contributed by atoms with van der Waals surface area (Å²) in [6.07, 6.45) is 1.37. The maximum absolute atomic E-state index is 14.0. The summed E-state index contributed by atoms with van der Waals surface area (Å²) in [4.78, 5) is 25.0. The number of benzene rings is 2. The van der Waals surface area contributed by atoms with Gasteiger partial charge >= 0.3 is 0 Å². The van der Waals surface area contributed by atoms with E-state index in [0.29, 0.717) is 31.0 Å². The lowest BCUT2D eigenvalue weighted by Crippen LogP contribution is -2.54. The third-order valence-corrected chi connectivity index (χ3v) is 5.23. The van der Waals surface area contributed by atoms with Gasteiger partial charge in [0.15, 0.2) is 11.6 Å². The van der Waals surface area contributed by atoms with Crippen LogP contribution in [0.1, 0.15) is 22.8 Å². The van der Waals surface area contributed by atoms with E-state index < -0.39 is 5.82 Å². The lowest BCUT2D eigenvalue weighted by atomic mass is 10.1. The third-order valence-electron chi connectivity index (χ3n) is 5.23. The van der Waals surface area contributed by atoms with Gasteiger partial charge in [-0.2, -0.15) is 0 Å². The molecule has 1 aliphatic heterocycles. The van der Waals surface area contributed by atoms with E-state index in [2.05, 4.69) is 9.97 Å². The zero-order valence-corrected chi connectivity index (χ0v) is 17.3. The molecule has 0 bridgehead atoms. The van der Waals surface area contributed by atoms with Gasteiger partial charge < -0.3 is 14.5 Å². The van der Waals surface area contributed by atoms with Crippen LogP contribution in [0.4, 0.5) is 14.6 Å². The highest BCUT2D eigenvalue weighted by Gasteiger charge is 2.29. The molecule has 1 atom stereocenters. The highest BCUT2D eigenvalue weighted by Crippen LogP contribution is 2.27. The molecule has 8 heteroatoms. The third kappa shape index (κ3) is 4.63. The van der Waals surface area contributed by atoms with Gasteiger partial charge in [-0.3, -0.25) is 4.79 Å². The Hall–Kier alpha value is -3.55. The van der Waals surface area contributed by atoms with Gasteiger partial charge in [0.25, 0.3) is 5.91 Å². The topological polar surface area (TPSA) is 58.6 Å². The molecule has 1 saturated heterocycles. The summed E-state index contributed by atoms with van der Waals surface area (Å²) in [5.41, 5.74) is 1.33. The van der Waals surface area contributed by atoms with Crippen LogP contribution in [0.2, 0.25) is 0 Å². The fourth-order valence-electron chi connectivity index (χ4n) is 3.59. The van der Waals surface area contributed by atoms with E-state index in [4.69, 9.17) is 4.74 Å². The molecule has 31 heavy (non-hydrogen) atoms. The van der Waals surface area contributed by atoms with Gasteiger partial charge in [0.05, 0.1) is 0 Å². The summed E-state index contributed by atoms with van der Waals surface area (Å²) in [6.45, 7) is 5.42. The number of anilines is 1. The summed E-state index contributed by atoms with van der Waals surface area (Å²) in [7, 11) is 0. The minimum atomic E-state index is -0.465. The van der Waals surface area contributed by atoms with Crippen LogP contribution in [0.3, 0.4) is 0 Å². The Bertz CT molecular complexity index is 1090. The second kappa shape index (κ2) is 8.67. The molecule has 2 aromatic carbocycles. The van der Waals surface area contributed by atoms with E-state index in [-0.39, 0.29) is 29.4 Å². The van der Waals surface area contributed by atoms with E-state index in [1.165, 1.54) is 36.7 Å². The van der Waals surface area contributed by atoms with Crippen molar-refractivity contribution in [1.82, 2.24) is 14.9 Å². The molecule has 160 valence electrons. The fraction of sp³-hybridized carbons (Fsp3) is 0.261. The number of carbonyl (C=O) groups excluding carboxylic acids is 1. The Morgan fingerprint density at radius 3 is 2.58 bits per heavy atom. The largest absolute Gasteiger partial charge is 0.436 e. The highest BCUT2D eigenvalue weighted by atomic mass is 19.1. The molecule has 1 amide bonds. The van der Waals surface area contributed by atoms with Crippen LogP contribution in [-0.2, 0) is 0 Å². The zero-order valence-electron chi connectivity index (χ0n) is 17.3. The quantitative estimate of drug-likeness (QED) is 0.628. The van der Waals surface area contributed by atoms with Gasteiger partial charge in [-0.1, -0.05) is 6.07 Å². The Balaban J connectivity index is 1.45. The standard InChI is InChI=1S/C23H22F2N4O2/c1-15-3-8-19(25)20(11-15)31-22-12-21(26-14-27-22)28-9-10-29(16(2)13-28)23(30)17-4-6-18(24)7-5-17/h3-8,11-12,14,16H,9-10,13H2,1-2H3/t16-/m1/s1. The van der Waals surface area contributed by atoms with Crippen LogP contribution in [0.25, 0.3) is 0 Å². The van der Waals surface area contributed by atoms with Crippen molar-refractivity contribution in [2.24, 2.45) is 0 Å². The number of carbonyl (C=O) groups is 1. The van der Waals surface area contributed by atoms with Crippen LogP contribution in [-0.4, -0.2) is 46.5 Å². The molecule has 0 N–H and O–H groups in total. The first-order chi connectivity index (χ1) is 14.9. The van der Waals surface area contributed by atoms with E-state index in [9.17, 15) is 13.6 Å². The van der Waals surface area contributed by atoms with Crippen molar-refractivity contribution in [3.8, 4) is 11.6 Å². The Morgan fingerprint density at radius 2 is 1.84 bits per heavy atom. The first kappa shape index (κ1) is 20.7. The molecule has 1 aliphatic rings. The molecule has 6 nitrogen and oxygen atoms in total. The summed E-state index contributed by atoms with van der Waals surface area (Å²) in [6, 6.07) is 11.8. The number of rotatable bonds is 4. The maximum atomic E-state index is 14.0. The lowest BCUT2D eigenvalue weighted by Gasteiger charge is -2.40. The van der Waals surface area contributed by atoms with Crippen molar-refractivity contribution in [2.45, 2.75) is 19.9 Å². The van der Waals surface area contributed by atoms with Crippen LogP contribution in [0, 0.1) is 18.6 Å². The number of ether oxygens (including phenoxy) is 1. The monoisotopic (exact) mass is 424 g/mol. The summed E-state index contributed by atoms with van der Waals surface area (Å²) in [5.74, 6) is 0.0151. The molecule has 1 aromatic heterocycles. The Labute approximate surface area is 179 Å². The highest BCUT2D eigenvalue weighted by molar-refractivity contribution is 5.94. The summed E-state index contributed by atoms with van der Waals surface area (Å²) >= 11 is 0. The van der Waals surface area contributed by atoms with Gasteiger partial charge in [0, 0.05) is 37.3 Å². The zero-order chi connectivity index (χ0) is 22.0. The van der Waals surface area contributed by atoms with Gasteiger partial charge in [0.2, 0.25) is 5.88 Å². The molecule has 0 spiro atoms. The maximum Gasteiger partial charge on any atom is 0.254 e. The van der Waals surface area contributed by atoms with Crippen LogP contribution in [0.5, 0.6) is 11.6 Å². The molecule has 4 rings (SSSR count). The minimum absolute atomic E-state index is 0.0835. The molecule has 2 heterocycles. The number of aromatic nitrogens is 2. The molecule has 3 aromatic rings. The first-order valence-corrected chi connectivity index (χ1v) is 9.98. The van der Waals surface area contributed by atoms with Crippen molar-refractivity contribution in [2.75, 3.05) is 24.5 Å². The van der Waals surface area contributed by atoms with Crippen molar-refractivity contribution in [3.63, 3.8) is 0 Å². The van der Waals surface area contributed by atoms with Crippen molar-refractivity contribution in [3.05, 3.63) is 77.6 Å². The first-order valence-electron chi connectivity index (χ1n) is 9.98.